The first-order valence-corrected chi connectivity index (χ1v) is 6.95. The van der Waals surface area contributed by atoms with E-state index in [1.165, 1.54) is 0 Å². The number of anilines is 1. The molecule has 0 unspecified atom stereocenters. The van der Waals surface area contributed by atoms with Gasteiger partial charge < -0.3 is 9.73 Å². The van der Waals surface area contributed by atoms with E-state index < -0.39 is 5.91 Å². The van der Waals surface area contributed by atoms with Crippen LogP contribution in [0.5, 0.6) is 0 Å². The number of nitrogens with zero attached hydrogens (tertiary/aromatic N) is 3. The van der Waals surface area contributed by atoms with E-state index in [-0.39, 0.29) is 11.8 Å². The molecule has 112 valence electrons. The molecule has 0 aliphatic carbocycles. The summed E-state index contributed by atoms with van der Waals surface area (Å²) < 4.78 is 5.36. The van der Waals surface area contributed by atoms with E-state index in [2.05, 4.69) is 15.5 Å². The molecular weight excluding hydrogens is 316 g/mol. The Morgan fingerprint density at radius 2 is 2.00 bits per heavy atom. The van der Waals surface area contributed by atoms with Gasteiger partial charge in [0.25, 0.3) is 0 Å². The Balaban J connectivity index is 1.83. The fourth-order valence-corrected chi connectivity index (χ4v) is 2.11. The van der Waals surface area contributed by atoms with Crippen LogP contribution in [0.15, 0.2) is 52.9 Å². The second kappa shape index (κ2) is 6.30. The number of para-hydroxylation sites is 1. The second-order valence-electron chi connectivity index (χ2n) is 4.53. The summed E-state index contributed by atoms with van der Waals surface area (Å²) in [6.07, 6.45) is 0. The first-order valence-electron chi connectivity index (χ1n) is 6.57. The molecule has 0 fully saturated rings. The topological polar surface area (TPSA) is 91.8 Å². The van der Waals surface area contributed by atoms with Crippen molar-refractivity contribution in [2.45, 2.75) is 0 Å². The van der Waals surface area contributed by atoms with Gasteiger partial charge in [0.05, 0.1) is 11.3 Å². The number of hydrogen-bond donors (Lipinski definition) is 1. The molecule has 2 aromatic carbocycles. The molecule has 1 aromatic heterocycles. The maximum atomic E-state index is 12.2. The molecule has 3 aromatic rings. The van der Waals surface area contributed by atoms with Crippen LogP contribution < -0.4 is 5.32 Å². The number of nitriles is 1. The standard InChI is InChI=1S/C16H9ClN4O2/c17-12-6-3-5-10(8-12)15-20-21-16(23-15)14(22)19-13-7-2-1-4-11(13)9-18/h1-8H,(H,19,22). The van der Waals surface area contributed by atoms with Crippen LogP contribution in [-0.2, 0) is 0 Å². The van der Waals surface area contributed by atoms with Gasteiger partial charge in [-0.05, 0) is 30.3 Å². The molecule has 1 heterocycles. The molecule has 0 spiro atoms. The number of amides is 1. The lowest BCUT2D eigenvalue weighted by molar-refractivity contribution is 0.0991. The van der Waals surface area contributed by atoms with E-state index in [0.29, 0.717) is 21.8 Å². The van der Waals surface area contributed by atoms with Crippen LogP contribution in [0.3, 0.4) is 0 Å². The molecule has 0 aliphatic rings. The van der Waals surface area contributed by atoms with Gasteiger partial charge in [-0.2, -0.15) is 5.26 Å². The molecule has 0 aliphatic heterocycles. The third kappa shape index (κ3) is 3.20. The predicted molar refractivity (Wildman–Crippen MR) is 83.9 cm³/mol. The molecule has 1 N–H and O–H groups in total. The van der Waals surface area contributed by atoms with Crippen molar-refractivity contribution in [2.75, 3.05) is 5.32 Å². The average Bonchev–Trinajstić information content (AvgIpc) is 3.05. The molecule has 7 heteroatoms. The number of carbonyl (C=O) groups is 1. The van der Waals surface area contributed by atoms with Gasteiger partial charge in [-0.15, -0.1) is 10.2 Å². The maximum absolute atomic E-state index is 12.2. The largest absolute Gasteiger partial charge is 0.412 e. The zero-order valence-electron chi connectivity index (χ0n) is 11.7. The fourth-order valence-electron chi connectivity index (χ4n) is 1.92. The Morgan fingerprint density at radius 1 is 1.17 bits per heavy atom. The quantitative estimate of drug-likeness (QED) is 0.795. The Bertz CT molecular complexity index is 914. The summed E-state index contributed by atoms with van der Waals surface area (Å²) in [7, 11) is 0. The predicted octanol–water partition coefficient (Wildman–Crippen LogP) is 3.51. The number of nitrogens with one attached hydrogen (secondary N) is 1. The SMILES string of the molecule is N#Cc1ccccc1NC(=O)c1nnc(-c2cccc(Cl)c2)o1. The van der Waals surface area contributed by atoms with E-state index in [0.717, 1.165) is 0 Å². The number of hydrogen-bond acceptors (Lipinski definition) is 5. The summed E-state index contributed by atoms with van der Waals surface area (Å²) in [6, 6.07) is 15.5. The second-order valence-corrected chi connectivity index (χ2v) is 4.97. The minimum atomic E-state index is -0.589. The monoisotopic (exact) mass is 324 g/mol. The summed E-state index contributed by atoms with van der Waals surface area (Å²) in [4.78, 5) is 12.2. The highest BCUT2D eigenvalue weighted by Gasteiger charge is 2.17. The highest BCUT2D eigenvalue weighted by Crippen LogP contribution is 2.22. The number of rotatable bonds is 3. The Morgan fingerprint density at radius 3 is 2.78 bits per heavy atom. The van der Waals surface area contributed by atoms with Crippen LogP contribution in [-0.4, -0.2) is 16.1 Å². The van der Waals surface area contributed by atoms with E-state index in [9.17, 15) is 4.79 Å². The van der Waals surface area contributed by atoms with Crippen molar-refractivity contribution in [3.8, 4) is 17.5 Å². The molecular formula is C16H9ClN4O2. The van der Waals surface area contributed by atoms with Gasteiger partial charge in [0.2, 0.25) is 5.89 Å². The van der Waals surface area contributed by atoms with Gasteiger partial charge in [-0.3, -0.25) is 4.79 Å². The normalized spacial score (nSPS) is 10.1. The highest BCUT2D eigenvalue weighted by atomic mass is 35.5. The van der Waals surface area contributed by atoms with Gasteiger partial charge >= 0.3 is 11.8 Å². The minimum Gasteiger partial charge on any atom is -0.412 e. The maximum Gasteiger partial charge on any atom is 0.313 e. The third-order valence-electron chi connectivity index (χ3n) is 2.99. The van der Waals surface area contributed by atoms with Crippen molar-refractivity contribution in [2.24, 2.45) is 0 Å². The first-order chi connectivity index (χ1) is 11.2. The molecule has 1 amide bonds. The molecule has 0 saturated heterocycles. The molecule has 0 radical (unpaired) electrons. The summed E-state index contributed by atoms with van der Waals surface area (Å²) in [5.74, 6) is -0.604. The van der Waals surface area contributed by atoms with Crippen LogP contribution in [0.4, 0.5) is 5.69 Å². The van der Waals surface area contributed by atoms with Gasteiger partial charge in [0, 0.05) is 10.6 Å². The summed E-state index contributed by atoms with van der Waals surface area (Å²) >= 11 is 5.91. The van der Waals surface area contributed by atoms with Gasteiger partial charge in [0.15, 0.2) is 0 Å². The van der Waals surface area contributed by atoms with Crippen LogP contribution in [0.2, 0.25) is 5.02 Å². The van der Waals surface area contributed by atoms with Crippen LogP contribution in [0.1, 0.15) is 16.2 Å². The van der Waals surface area contributed by atoms with Gasteiger partial charge in [-0.1, -0.05) is 29.8 Å². The van der Waals surface area contributed by atoms with Crippen molar-refractivity contribution < 1.29 is 9.21 Å². The number of aromatic nitrogens is 2. The van der Waals surface area contributed by atoms with Crippen molar-refractivity contribution in [1.29, 1.82) is 5.26 Å². The zero-order chi connectivity index (χ0) is 16.2. The highest BCUT2D eigenvalue weighted by molar-refractivity contribution is 6.30. The summed E-state index contributed by atoms with van der Waals surface area (Å²) in [6.45, 7) is 0. The fraction of sp³-hybridized carbons (Fsp3) is 0. The number of carbonyl (C=O) groups excluding carboxylic acids is 1. The van der Waals surface area contributed by atoms with Gasteiger partial charge in [0.1, 0.15) is 6.07 Å². The Hall–Kier alpha value is -3.17. The molecule has 0 atom stereocenters. The minimum absolute atomic E-state index is 0.186. The third-order valence-corrected chi connectivity index (χ3v) is 3.22. The molecule has 0 saturated carbocycles. The van der Waals surface area contributed by atoms with E-state index >= 15 is 0 Å². The Kier molecular flexibility index (Phi) is 4.04. The van der Waals surface area contributed by atoms with Crippen molar-refractivity contribution in [3.05, 3.63) is 65.0 Å². The van der Waals surface area contributed by atoms with Crippen LogP contribution in [0, 0.1) is 11.3 Å². The zero-order valence-corrected chi connectivity index (χ0v) is 12.4. The Labute approximate surface area is 136 Å². The van der Waals surface area contributed by atoms with Crippen LogP contribution in [0.25, 0.3) is 11.5 Å². The molecule has 23 heavy (non-hydrogen) atoms. The van der Waals surface area contributed by atoms with E-state index in [1.54, 1.807) is 48.5 Å². The average molecular weight is 325 g/mol. The molecule has 3 rings (SSSR count). The van der Waals surface area contributed by atoms with E-state index in [4.69, 9.17) is 21.3 Å². The van der Waals surface area contributed by atoms with Crippen molar-refractivity contribution in [1.82, 2.24) is 10.2 Å². The summed E-state index contributed by atoms with van der Waals surface area (Å²) in [5.41, 5.74) is 1.33. The first kappa shape index (κ1) is 14.8. The summed E-state index contributed by atoms with van der Waals surface area (Å²) in [5, 5.41) is 19.7. The smallest absolute Gasteiger partial charge is 0.313 e. The molecule has 6 nitrogen and oxygen atoms in total. The number of benzene rings is 2. The van der Waals surface area contributed by atoms with E-state index in [1.807, 2.05) is 6.07 Å². The lowest BCUT2D eigenvalue weighted by atomic mass is 10.2. The lowest BCUT2D eigenvalue weighted by Crippen LogP contribution is -2.13. The lowest BCUT2D eigenvalue weighted by Gasteiger charge is -2.03. The van der Waals surface area contributed by atoms with Crippen molar-refractivity contribution in [3.63, 3.8) is 0 Å². The molecule has 0 bridgehead atoms. The van der Waals surface area contributed by atoms with Gasteiger partial charge in [-0.25, -0.2) is 0 Å². The number of halogens is 1. The van der Waals surface area contributed by atoms with Crippen molar-refractivity contribution >= 4 is 23.2 Å². The van der Waals surface area contributed by atoms with Crippen LogP contribution >= 0.6 is 11.6 Å².